The standard InChI is InChI=1S/C13H17FN2O2S/c1-9-5-6-11(10(14)8-9)16-13(19)15-7-3-4-12(17)18-2/h5-6,8H,3-4,7H2,1-2H3,(H2,15,16,19). The molecule has 0 amide bonds. The van der Waals surface area contributed by atoms with Crippen molar-refractivity contribution in [3.63, 3.8) is 0 Å². The molecule has 6 heteroatoms. The summed E-state index contributed by atoms with van der Waals surface area (Å²) in [6.07, 6.45) is 0.926. The first-order valence-electron chi connectivity index (χ1n) is 5.90. The number of hydrogen-bond acceptors (Lipinski definition) is 3. The fraction of sp³-hybridized carbons (Fsp3) is 0.385. The van der Waals surface area contributed by atoms with E-state index in [1.54, 1.807) is 12.1 Å². The third-order valence-electron chi connectivity index (χ3n) is 2.44. The second-order valence-electron chi connectivity index (χ2n) is 4.04. The monoisotopic (exact) mass is 284 g/mol. The largest absolute Gasteiger partial charge is 0.469 e. The summed E-state index contributed by atoms with van der Waals surface area (Å²) in [7, 11) is 1.35. The van der Waals surface area contributed by atoms with E-state index in [1.807, 2.05) is 6.92 Å². The Kier molecular flexibility index (Phi) is 6.21. The molecule has 0 fully saturated rings. The zero-order chi connectivity index (χ0) is 14.3. The van der Waals surface area contributed by atoms with E-state index in [1.165, 1.54) is 13.2 Å². The van der Waals surface area contributed by atoms with Crippen LogP contribution in [0.3, 0.4) is 0 Å². The first kappa shape index (κ1) is 15.4. The van der Waals surface area contributed by atoms with Gasteiger partial charge in [0.1, 0.15) is 5.82 Å². The van der Waals surface area contributed by atoms with E-state index >= 15 is 0 Å². The summed E-state index contributed by atoms with van der Waals surface area (Å²) < 4.78 is 18.1. The summed E-state index contributed by atoms with van der Waals surface area (Å²) in [5.41, 5.74) is 1.18. The molecule has 0 saturated carbocycles. The molecule has 0 bridgehead atoms. The average molecular weight is 284 g/mol. The van der Waals surface area contributed by atoms with Gasteiger partial charge in [0.2, 0.25) is 0 Å². The molecule has 4 nitrogen and oxygen atoms in total. The molecule has 0 aliphatic heterocycles. The number of rotatable bonds is 5. The maximum Gasteiger partial charge on any atom is 0.305 e. The van der Waals surface area contributed by atoms with Crippen LogP contribution in [0.1, 0.15) is 18.4 Å². The highest BCUT2D eigenvalue weighted by molar-refractivity contribution is 7.80. The molecule has 1 aromatic rings. The van der Waals surface area contributed by atoms with Gasteiger partial charge in [-0.25, -0.2) is 4.39 Å². The van der Waals surface area contributed by atoms with Crippen LogP contribution in [0.4, 0.5) is 10.1 Å². The predicted octanol–water partition coefficient (Wildman–Crippen LogP) is 2.37. The first-order chi connectivity index (χ1) is 9.02. The van der Waals surface area contributed by atoms with Gasteiger partial charge < -0.3 is 15.4 Å². The van der Waals surface area contributed by atoms with Crippen molar-refractivity contribution in [3.8, 4) is 0 Å². The fourth-order valence-corrected chi connectivity index (χ4v) is 1.64. The number of carbonyl (C=O) groups is 1. The number of esters is 1. The molecule has 0 atom stereocenters. The van der Waals surface area contributed by atoms with Gasteiger partial charge in [0.25, 0.3) is 0 Å². The Morgan fingerprint density at radius 3 is 2.84 bits per heavy atom. The second kappa shape index (κ2) is 7.68. The lowest BCUT2D eigenvalue weighted by atomic mass is 10.2. The van der Waals surface area contributed by atoms with Crippen LogP contribution in [0.2, 0.25) is 0 Å². The van der Waals surface area contributed by atoms with Crippen molar-refractivity contribution in [1.29, 1.82) is 0 Å². The summed E-state index contributed by atoms with van der Waals surface area (Å²) >= 11 is 5.03. The minimum atomic E-state index is -0.348. The third-order valence-corrected chi connectivity index (χ3v) is 2.69. The molecule has 0 spiro atoms. The maximum atomic E-state index is 13.5. The smallest absolute Gasteiger partial charge is 0.305 e. The van der Waals surface area contributed by atoms with E-state index in [0.29, 0.717) is 30.2 Å². The molecule has 2 N–H and O–H groups in total. The van der Waals surface area contributed by atoms with Crippen molar-refractivity contribution < 1.29 is 13.9 Å². The van der Waals surface area contributed by atoms with Crippen molar-refractivity contribution >= 4 is 29.0 Å². The topological polar surface area (TPSA) is 50.4 Å². The number of hydrogen-bond donors (Lipinski definition) is 2. The van der Waals surface area contributed by atoms with Gasteiger partial charge in [-0.1, -0.05) is 6.07 Å². The van der Waals surface area contributed by atoms with Crippen LogP contribution in [0.25, 0.3) is 0 Å². The van der Waals surface area contributed by atoms with Crippen molar-refractivity contribution in [2.75, 3.05) is 19.0 Å². The Bertz CT molecular complexity index is 466. The van der Waals surface area contributed by atoms with E-state index in [0.717, 1.165) is 5.56 Å². The molecule has 19 heavy (non-hydrogen) atoms. The summed E-state index contributed by atoms with van der Waals surface area (Å²) in [5.74, 6) is -0.607. The molecule has 0 aromatic heterocycles. The molecule has 0 radical (unpaired) electrons. The van der Waals surface area contributed by atoms with E-state index in [4.69, 9.17) is 12.2 Å². The molecular weight excluding hydrogens is 267 g/mol. The molecule has 1 aromatic carbocycles. The van der Waals surface area contributed by atoms with Gasteiger partial charge in [0.15, 0.2) is 5.11 Å². The van der Waals surface area contributed by atoms with Gasteiger partial charge in [-0.3, -0.25) is 4.79 Å². The van der Waals surface area contributed by atoms with Crippen LogP contribution in [0.5, 0.6) is 0 Å². The molecule has 1 rings (SSSR count). The number of methoxy groups -OCH3 is 1. The van der Waals surface area contributed by atoms with Crippen LogP contribution in [-0.2, 0) is 9.53 Å². The highest BCUT2D eigenvalue weighted by Gasteiger charge is 2.04. The van der Waals surface area contributed by atoms with E-state index in [2.05, 4.69) is 15.4 Å². The quantitative estimate of drug-likeness (QED) is 0.494. The molecule has 0 aliphatic carbocycles. The maximum absolute atomic E-state index is 13.5. The first-order valence-corrected chi connectivity index (χ1v) is 6.31. The Hall–Kier alpha value is -1.69. The van der Waals surface area contributed by atoms with Crippen molar-refractivity contribution in [3.05, 3.63) is 29.6 Å². The van der Waals surface area contributed by atoms with Crippen LogP contribution in [0.15, 0.2) is 18.2 Å². The minimum Gasteiger partial charge on any atom is -0.469 e. The zero-order valence-electron chi connectivity index (χ0n) is 11.0. The lowest BCUT2D eigenvalue weighted by Crippen LogP contribution is -2.29. The Labute approximate surface area is 117 Å². The highest BCUT2D eigenvalue weighted by atomic mass is 32.1. The summed E-state index contributed by atoms with van der Waals surface area (Å²) in [5, 5.41) is 5.99. The van der Waals surface area contributed by atoms with E-state index in [-0.39, 0.29) is 11.8 Å². The van der Waals surface area contributed by atoms with Gasteiger partial charge in [0.05, 0.1) is 12.8 Å². The summed E-state index contributed by atoms with van der Waals surface area (Å²) in [6.45, 7) is 2.34. The number of benzene rings is 1. The molecule has 0 heterocycles. The Morgan fingerprint density at radius 2 is 2.21 bits per heavy atom. The van der Waals surface area contributed by atoms with Gasteiger partial charge in [-0.2, -0.15) is 0 Å². The molecule has 0 saturated heterocycles. The van der Waals surface area contributed by atoms with Crippen LogP contribution < -0.4 is 10.6 Å². The van der Waals surface area contributed by atoms with Gasteiger partial charge >= 0.3 is 5.97 Å². The van der Waals surface area contributed by atoms with Gasteiger partial charge in [-0.15, -0.1) is 0 Å². The minimum absolute atomic E-state index is 0.259. The average Bonchev–Trinajstić information content (AvgIpc) is 2.37. The Balaban J connectivity index is 2.33. The van der Waals surface area contributed by atoms with Gasteiger partial charge in [-0.05, 0) is 43.3 Å². The van der Waals surface area contributed by atoms with Crippen LogP contribution in [0, 0.1) is 12.7 Å². The number of carbonyl (C=O) groups excluding carboxylic acids is 1. The zero-order valence-corrected chi connectivity index (χ0v) is 11.8. The lowest BCUT2D eigenvalue weighted by Gasteiger charge is -2.11. The number of nitrogens with one attached hydrogen (secondary N) is 2. The summed E-state index contributed by atoms with van der Waals surface area (Å²) in [6, 6.07) is 4.86. The van der Waals surface area contributed by atoms with E-state index in [9.17, 15) is 9.18 Å². The van der Waals surface area contributed by atoms with Gasteiger partial charge in [0, 0.05) is 13.0 Å². The number of anilines is 1. The van der Waals surface area contributed by atoms with Crippen molar-refractivity contribution in [2.45, 2.75) is 19.8 Å². The molecule has 104 valence electrons. The summed E-state index contributed by atoms with van der Waals surface area (Å²) in [4.78, 5) is 10.9. The third kappa shape index (κ3) is 5.65. The number of aryl methyl sites for hydroxylation is 1. The van der Waals surface area contributed by atoms with E-state index < -0.39 is 0 Å². The van der Waals surface area contributed by atoms with Crippen LogP contribution in [-0.4, -0.2) is 24.7 Å². The number of ether oxygens (including phenoxy) is 1. The van der Waals surface area contributed by atoms with Crippen molar-refractivity contribution in [1.82, 2.24) is 5.32 Å². The SMILES string of the molecule is COC(=O)CCCNC(=S)Nc1ccc(C)cc1F. The Morgan fingerprint density at radius 1 is 1.47 bits per heavy atom. The van der Waals surface area contributed by atoms with Crippen LogP contribution >= 0.6 is 12.2 Å². The second-order valence-corrected chi connectivity index (χ2v) is 4.45. The molecular formula is C13H17FN2O2S. The molecule has 0 aliphatic rings. The highest BCUT2D eigenvalue weighted by Crippen LogP contribution is 2.14. The lowest BCUT2D eigenvalue weighted by molar-refractivity contribution is -0.140. The normalized spacial score (nSPS) is 9.84. The van der Waals surface area contributed by atoms with Crippen molar-refractivity contribution in [2.24, 2.45) is 0 Å². The number of halogens is 1. The molecule has 0 unspecified atom stereocenters. The fourth-order valence-electron chi connectivity index (χ4n) is 1.42. The number of thiocarbonyl (C=S) groups is 1. The predicted molar refractivity (Wildman–Crippen MR) is 76.6 cm³/mol.